The highest BCUT2D eigenvalue weighted by Gasteiger charge is 2.37. The predicted molar refractivity (Wildman–Crippen MR) is 68.7 cm³/mol. The SMILES string of the molecule is c1cncc(CN2CCNC3(CCCC3)C2)c1. The van der Waals surface area contributed by atoms with Gasteiger partial charge >= 0.3 is 0 Å². The molecule has 0 radical (unpaired) electrons. The Kier molecular flexibility index (Phi) is 3.12. The van der Waals surface area contributed by atoms with Gasteiger partial charge in [0.15, 0.2) is 0 Å². The van der Waals surface area contributed by atoms with E-state index in [-0.39, 0.29) is 0 Å². The molecular weight excluding hydrogens is 210 g/mol. The standard InChI is InChI=1S/C14H21N3/c1-2-6-14(5-1)12-17(9-8-16-14)11-13-4-3-7-15-10-13/h3-4,7,10,16H,1-2,5-6,8-9,11-12H2. The fourth-order valence-electron chi connectivity index (χ4n) is 3.31. The summed E-state index contributed by atoms with van der Waals surface area (Å²) in [5.74, 6) is 0. The number of nitrogens with zero attached hydrogens (tertiary/aromatic N) is 2. The van der Waals surface area contributed by atoms with Crippen LogP contribution in [0.4, 0.5) is 0 Å². The average molecular weight is 231 g/mol. The van der Waals surface area contributed by atoms with E-state index in [1.54, 1.807) is 0 Å². The summed E-state index contributed by atoms with van der Waals surface area (Å²) in [5.41, 5.74) is 1.77. The molecule has 1 aromatic rings. The normalized spacial score (nSPS) is 24.2. The molecular formula is C14H21N3. The van der Waals surface area contributed by atoms with Crippen molar-refractivity contribution >= 4 is 0 Å². The lowest BCUT2D eigenvalue weighted by molar-refractivity contribution is 0.128. The third-order valence-electron chi connectivity index (χ3n) is 4.14. The van der Waals surface area contributed by atoms with Gasteiger partial charge in [-0.2, -0.15) is 0 Å². The van der Waals surface area contributed by atoms with Crippen molar-refractivity contribution in [2.45, 2.75) is 37.8 Å². The Hall–Kier alpha value is -0.930. The topological polar surface area (TPSA) is 28.2 Å². The summed E-state index contributed by atoms with van der Waals surface area (Å²) in [7, 11) is 0. The number of aromatic nitrogens is 1. The third-order valence-corrected chi connectivity index (χ3v) is 4.14. The highest BCUT2D eigenvalue weighted by atomic mass is 15.2. The lowest BCUT2D eigenvalue weighted by atomic mass is 9.94. The Bertz CT molecular complexity index is 357. The van der Waals surface area contributed by atoms with Crippen molar-refractivity contribution in [3.63, 3.8) is 0 Å². The van der Waals surface area contributed by atoms with Crippen LogP contribution in [0.1, 0.15) is 31.2 Å². The lowest BCUT2D eigenvalue weighted by Crippen LogP contribution is -2.58. The van der Waals surface area contributed by atoms with E-state index in [1.807, 2.05) is 18.5 Å². The Morgan fingerprint density at radius 1 is 1.35 bits per heavy atom. The van der Waals surface area contributed by atoms with Gasteiger partial charge in [-0.1, -0.05) is 18.9 Å². The quantitative estimate of drug-likeness (QED) is 0.841. The van der Waals surface area contributed by atoms with Crippen molar-refractivity contribution in [3.05, 3.63) is 30.1 Å². The lowest BCUT2D eigenvalue weighted by Gasteiger charge is -2.41. The number of hydrogen-bond acceptors (Lipinski definition) is 3. The smallest absolute Gasteiger partial charge is 0.0312 e. The molecule has 2 aliphatic rings. The number of rotatable bonds is 2. The van der Waals surface area contributed by atoms with E-state index in [2.05, 4.69) is 21.3 Å². The molecule has 0 unspecified atom stereocenters. The second-order valence-electron chi connectivity index (χ2n) is 5.49. The minimum absolute atomic E-state index is 0.431. The van der Waals surface area contributed by atoms with E-state index in [0.29, 0.717) is 5.54 Å². The van der Waals surface area contributed by atoms with E-state index in [9.17, 15) is 0 Å². The predicted octanol–water partition coefficient (Wildman–Crippen LogP) is 1.80. The molecule has 2 heterocycles. The first-order valence-corrected chi connectivity index (χ1v) is 6.73. The minimum atomic E-state index is 0.431. The van der Waals surface area contributed by atoms with Crippen LogP contribution >= 0.6 is 0 Å². The summed E-state index contributed by atoms with van der Waals surface area (Å²) in [6.45, 7) is 4.57. The molecule has 1 spiro atoms. The molecule has 1 N–H and O–H groups in total. The van der Waals surface area contributed by atoms with Crippen molar-refractivity contribution < 1.29 is 0 Å². The van der Waals surface area contributed by atoms with Gasteiger partial charge in [0.05, 0.1) is 0 Å². The molecule has 2 fully saturated rings. The second-order valence-corrected chi connectivity index (χ2v) is 5.49. The first-order valence-electron chi connectivity index (χ1n) is 6.73. The zero-order valence-electron chi connectivity index (χ0n) is 10.4. The fraction of sp³-hybridized carbons (Fsp3) is 0.643. The first-order chi connectivity index (χ1) is 8.36. The maximum absolute atomic E-state index is 4.20. The molecule has 0 aromatic carbocycles. The van der Waals surface area contributed by atoms with Crippen molar-refractivity contribution in [3.8, 4) is 0 Å². The van der Waals surface area contributed by atoms with Gasteiger partial charge in [-0.3, -0.25) is 9.88 Å². The largest absolute Gasteiger partial charge is 0.309 e. The first kappa shape index (κ1) is 11.2. The molecule has 1 saturated heterocycles. The molecule has 0 bridgehead atoms. The zero-order chi connectivity index (χ0) is 11.6. The van der Waals surface area contributed by atoms with Gasteiger partial charge in [-0.25, -0.2) is 0 Å². The van der Waals surface area contributed by atoms with Crippen LogP contribution in [0.25, 0.3) is 0 Å². The fourth-order valence-corrected chi connectivity index (χ4v) is 3.31. The number of hydrogen-bond donors (Lipinski definition) is 1. The summed E-state index contributed by atoms with van der Waals surface area (Å²) in [6, 6.07) is 4.21. The molecule has 3 heteroatoms. The van der Waals surface area contributed by atoms with Gasteiger partial charge in [0.25, 0.3) is 0 Å². The van der Waals surface area contributed by atoms with E-state index in [1.165, 1.54) is 37.8 Å². The highest BCUT2D eigenvalue weighted by molar-refractivity contribution is 5.09. The average Bonchev–Trinajstić information content (AvgIpc) is 2.79. The molecule has 92 valence electrons. The second kappa shape index (κ2) is 4.75. The highest BCUT2D eigenvalue weighted by Crippen LogP contribution is 2.32. The molecule has 0 amide bonds. The maximum Gasteiger partial charge on any atom is 0.0312 e. The van der Waals surface area contributed by atoms with Crippen molar-refractivity contribution in [2.75, 3.05) is 19.6 Å². The van der Waals surface area contributed by atoms with E-state index < -0.39 is 0 Å². The molecule has 3 nitrogen and oxygen atoms in total. The van der Waals surface area contributed by atoms with Gasteiger partial charge in [0.1, 0.15) is 0 Å². The van der Waals surface area contributed by atoms with Gasteiger partial charge < -0.3 is 5.32 Å². The summed E-state index contributed by atoms with van der Waals surface area (Å²) < 4.78 is 0. The van der Waals surface area contributed by atoms with E-state index >= 15 is 0 Å². The summed E-state index contributed by atoms with van der Waals surface area (Å²) in [6.07, 6.45) is 9.34. The van der Waals surface area contributed by atoms with Gasteiger partial charge in [0, 0.05) is 44.1 Å². The Balaban J connectivity index is 1.64. The van der Waals surface area contributed by atoms with Gasteiger partial charge in [-0.05, 0) is 24.5 Å². The van der Waals surface area contributed by atoms with Crippen LogP contribution in [0.3, 0.4) is 0 Å². The molecule has 3 rings (SSSR count). The molecule has 1 aliphatic heterocycles. The minimum Gasteiger partial charge on any atom is -0.309 e. The molecule has 1 aromatic heterocycles. The van der Waals surface area contributed by atoms with Crippen LogP contribution in [0.2, 0.25) is 0 Å². The van der Waals surface area contributed by atoms with Crippen LogP contribution in [-0.2, 0) is 6.54 Å². The van der Waals surface area contributed by atoms with Crippen LogP contribution in [0, 0.1) is 0 Å². The Morgan fingerprint density at radius 3 is 3.00 bits per heavy atom. The Labute approximate surface area is 103 Å². The maximum atomic E-state index is 4.20. The van der Waals surface area contributed by atoms with Gasteiger partial charge in [0.2, 0.25) is 0 Å². The molecule has 1 saturated carbocycles. The van der Waals surface area contributed by atoms with Crippen molar-refractivity contribution in [1.82, 2.24) is 15.2 Å². The van der Waals surface area contributed by atoms with Crippen LogP contribution < -0.4 is 5.32 Å². The van der Waals surface area contributed by atoms with Crippen molar-refractivity contribution in [2.24, 2.45) is 0 Å². The number of piperazine rings is 1. The zero-order valence-corrected chi connectivity index (χ0v) is 10.4. The van der Waals surface area contributed by atoms with Crippen molar-refractivity contribution in [1.29, 1.82) is 0 Å². The van der Waals surface area contributed by atoms with Crippen LogP contribution in [-0.4, -0.2) is 35.1 Å². The van der Waals surface area contributed by atoms with E-state index in [4.69, 9.17) is 0 Å². The number of nitrogens with one attached hydrogen (secondary N) is 1. The van der Waals surface area contributed by atoms with Crippen LogP contribution in [0.15, 0.2) is 24.5 Å². The Morgan fingerprint density at radius 2 is 2.24 bits per heavy atom. The van der Waals surface area contributed by atoms with E-state index in [0.717, 1.165) is 19.6 Å². The molecule has 1 aliphatic carbocycles. The summed E-state index contributed by atoms with van der Waals surface area (Å²) in [5, 5.41) is 3.75. The molecule has 17 heavy (non-hydrogen) atoms. The monoisotopic (exact) mass is 231 g/mol. The van der Waals surface area contributed by atoms with Crippen LogP contribution in [0.5, 0.6) is 0 Å². The van der Waals surface area contributed by atoms with Gasteiger partial charge in [-0.15, -0.1) is 0 Å². The summed E-state index contributed by atoms with van der Waals surface area (Å²) in [4.78, 5) is 6.78. The number of pyridine rings is 1. The molecule has 0 atom stereocenters. The summed E-state index contributed by atoms with van der Waals surface area (Å²) >= 11 is 0. The third kappa shape index (κ3) is 2.50.